The van der Waals surface area contributed by atoms with Gasteiger partial charge in [0.2, 0.25) is 0 Å². The van der Waals surface area contributed by atoms with Gasteiger partial charge in [-0.3, -0.25) is 4.68 Å². The summed E-state index contributed by atoms with van der Waals surface area (Å²) in [6.45, 7) is 10.3. The second-order valence-corrected chi connectivity index (χ2v) is 4.84. The minimum absolute atomic E-state index is 0.165. The predicted octanol–water partition coefficient (Wildman–Crippen LogP) is 1.99. The van der Waals surface area contributed by atoms with Crippen LogP contribution in [0, 0.1) is 5.41 Å². The lowest BCUT2D eigenvalue weighted by molar-refractivity contribution is 0.363. The molecule has 0 unspecified atom stereocenters. The average molecular weight is 209 g/mol. The third-order valence-electron chi connectivity index (χ3n) is 2.79. The van der Waals surface area contributed by atoms with E-state index in [1.54, 1.807) is 0 Å². The normalized spacial score (nSPS) is 12.1. The molecule has 1 rings (SSSR count). The fourth-order valence-electron chi connectivity index (χ4n) is 1.67. The topological polar surface area (TPSA) is 43.8 Å². The molecule has 86 valence electrons. The summed E-state index contributed by atoms with van der Waals surface area (Å²) in [6, 6.07) is 2.21. The fraction of sp³-hybridized carbons (Fsp3) is 0.750. The summed E-state index contributed by atoms with van der Waals surface area (Å²) in [4.78, 5) is 0. The Morgan fingerprint density at radius 1 is 1.40 bits per heavy atom. The van der Waals surface area contributed by atoms with E-state index in [4.69, 9.17) is 5.73 Å². The number of nitrogens with zero attached hydrogens (tertiary/aromatic N) is 2. The van der Waals surface area contributed by atoms with Crippen molar-refractivity contribution < 1.29 is 0 Å². The largest absolute Gasteiger partial charge is 0.330 e. The molecule has 0 saturated heterocycles. The molecule has 0 radical (unpaired) electrons. The Kier molecular flexibility index (Phi) is 3.91. The van der Waals surface area contributed by atoms with Gasteiger partial charge in [-0.25, -0.2) is 0 Å². The quantitative estimate of drug-likeness (QED) is 0.806. The smallest absolute Gasteiger partial charge is 0.0624 e. The Bertz CT molecular complexity index is 313. The fourth-order valence-corrected chi connectivity index (χ4v) is 1.67. The molecular weight excluding hydrogens is 186 g/mol. The van der Waals surface area contributed by atoms with Crippen molar-refractivity contribution in [2.45, 2.75) is 47.1 Å². The molecule has 3 nitrogen and oxygen atoms in total. The van der Waals surface area contributed by atoms with E-state index in [-0.39, 0.29) is 5.41 Å². The van der Waals surface area contributed by atoms with E-state index in [0.29, 0.717) is 6.54 Å². The van der Waals surface area contributed by atoms with E-state index in [9.17, 15) is 0 Å². The summed E-state index contributed by atoms with van der Waals surface area (Å²) in [5.41, 5.74) is 8.41. The van der Waals surface area contributed by atoms with Crippen molar-refractivity contribution in [1.29, 1.82) is 0 Å². The van der Waals surface area contributed by atoms with Gasteiger partial charge in [0.25, 0.3) is 0 Å². The molecule has 15 heavy (non-hydrogen) atoms. The minimum Gasteiger partial charge on any atom is -0.330 e. The zero-order chi connectivity index (χ0) is 11.5. The molecule has 1 aromatic heterocycles. The van der Waals surface area contributed by atoms with Crippen molar-refractivity contribution in [3.05, 3.63) is 17.5 Å². The summed E-state index contributed by atoms with van der Waals surface area (Å²) in [5.74, 6) is 0. The summed E-state index contributed by atoms with van der Waals surface area (Å²) in [5, 5.41) is 4.54. The first-order valence-electron chi connectivity index (χ1n) is 5.78. The number of hydrogen-bond donors (Lipinski definition) is 1. The van der Waals surface area contributed by atoms with Crippen LogP contribution in [0.2, 0.25) is 0 Å². The lowest BCUT2D eigenvalue weighted by Crippen LogP contribution is -2.27. The molecule has 0 atom stereocenters. The molecule has 0 aliphatic rings. The highest BCUT2D eigenvalue weighted by atomic mass is 15.3. The third-order valence-corrected chi connectivity index (χ3v) is 2.79. The number of rotatable bonds is 5. The van der Waals surface area contributed by atoms with Gasteiger partial charge in [-0.15, -0.1) is 0 Å². The maximum absolute atomic E-state index is 5.76. The molecule has 1 aromatic rings. The summed E-state index contributed by atoms with van der Waals surface area (Å²) in [6.07, 6.45) is 2.01. The van der Waals surface area contributed by atoms with Crippen LogP contribution in [-0.4, -0.2) is 16.3 Å². The molecule has 0 amide bonds. The number of nitrogens with two attached hydrogens (primary N) is 1. The Labute approximate surface area is 92.7 Å². The van der Waals surface area contributed by atoms with E-state index in [2.05, 4.69) is 43.5 Å². The Morgan fingerprint density at radius 3 is 2.53 bits per heavy atom. The molecule has 0 saturated carbocycles. The van der Waals surface area contributed by atoms with Gasteiger partial charge in [0.1, 0.15) is 0 Å². The molecule has 0 aliphatic carbocycles. The number of aryl methyl sites for hydroxylation is 2. The molecule has 3 heteroatoms. The molecule has 1 heterocycles. The van der Waals surface area contributed by atoms with Gasteiger partial charge in [-0.1, -0.05) is 20.8 Å². The Morgan fingerprint density at radius 2 is 2.07 bits per heavy atom. The van der Waals surface area contributed by atoms with Crippen molar-refractivity contribution >= 4 is 0 Å². The summed E-state index contributed by atoms with van der Waals surface area (Å²) in [7, 11) is 0. The Balaban J connectivity index is 2.88. The van der Waals surface area contributed by atoms with E-state index in [1.807, 2.05) is 0 Å². The van der Waals surface area contributed by atoms with E-state index < -0.39 is 0 Å². The molecule has 0 fully saturated rings. The zero-order valence-electron chi connectivity index (χ0n) is 10.4. The first-order chi connectivity index (χ1) is 7.02. The SMILES string of the molecule is CCc1cc(CC(C)(C)CN)n(CC)n1. The van der Waals surface area contributed by atoms with Gasteiger partial charge in [-0.05, 0) is 37.8 Å². The maximum atomic E-state index is 5.76. The summed E-state index contributed by atoms with van der Waals surface area (Å²) < 4.78 is 2.09. The van der Waals surface area contributed by atoms with Gasteiger partial charge in [-0.2, -0.15) is 5.10 Å². The highest BCUT2D eigenvalue weighted by Crippen LogP contribution is 2.21. The Hall–Kier alpha value is -0.830. The van der Waals surface area contributed by atoms with Gasteiger partial charge in [0, 0.05) is 12.2 Å². The minimum atomic E-state index is 0.165. The van der Waals surface area contributed by atoms with Gasteiger partial charge >= 0.3 is 0 Å². The maximum Gasteiger partial charge on any atom is 0.0624 e. The van der Waals surface area contributed by atoms with Gasteiger partial charge < -0.3 is 5.73 Å². The van der Waals surface area contributed by atoms with Crippen molar-refractivity contribution in [2.24, 2.45) is 11.1 Å². The standard InChI is InChI=1S/C12H23N3/c1-5-10-7-11(15(6-2)14-10)8-12(3,4)9-13/h7H,5-6,8-9,13H2,1-4H3. The lowest BCUT2D eigenvalue weighted by atomic mass is 9.88. The second kappa shape index (κ2) is 4.79. The van der Waals surface area contributed by atoms with Crippen molar-refractivity contribution in [1.82, 2.24) is 9.78 Å². The number of hydrogen-bond acceptors (Lipinski definition) is 2. The lowest BCUT2D eigenvalue weighted by Gasteiger charge is -2.22. The van der Waals surface area contributed by atoms with Crippen LogP contribution in [0.4, 0.5) is 0 Å². The van der Waals surface area contributed by atoms with Crippen LogP contribution in [0.5, 0.6) is 0 Å². The van der Waals surface area contributed by atoms with Crippen molar-refractivity contribution in [3.63, 3.8) is 0 Å². The van der Waals surface area contributed by atoms with Crippen LogP contribution in [0.15, 0.2) is 6.07 Å². The van der Waals surface area contributed by atoms with E-state index in [1.165, 1.54) is 11.4 Å². The van der Waals surface area contributed by atoms with Gasteiger partial charge in [0.05, 0.1) is 5.69 Å². The van der Waals surface area contributed by atoms with Crippen LogP contribution in [0.25, 0.3) is 0 Å². The van der Waals surface area contributed by atoms with Crippen LogP contribution in [0.1, 0.15) is 39.1 Å². The van der Waals surface area contributed by atoms with Crippen molar-refractivity contribution in [2.75, 3.05) is 6.54 Å². The van der Waals surface area contributed by atoms with Crippen LogP contribution < -0.4 is 5.73 Å². The summed E-state index contributed by atoms with van der Waals surface area (Å²) >= 11 is 0. The van der Waals surface area contributed by atoms with E-state index >= 15 is 0 Å². The third kappa shape index (κ3) is 3.06. The highest BCUT2D eigenvalue weighted by molar-refractivity contribution is 5.12. The zero-order valence-corrected chi connectivity index (χ0v) is 10.4. The van der Waals surface area contributed by atoms with Crippen LogP contribution >= 0.6 is 0 Å². The van der Waals surface area contributed by atoms with Crippen LogP contribution in [0.3, 0.4) is 0 Å². The highest BCUT2D eigenvalue weighted by Gasteiger charge is 2.19. The molecular formula is C12H23N3. The monoisotopic (exact) mass is 209 g/mol. The number of aromatic nitrogens is 2. The molecule has 0 aliphatic heterocycles. The van der Waals surface area contributed by atoms with E-state index in [0.717, 1.165) is 19.4 Å². The van der Waals surface area contributed by atoms with Gasteiger partial charge in [0.15, 0.2) is 0 Å². The molecule has 0 spiro atoms. The van der Waals surface area contributed by atoms with Crippen molar-refractivity contribution in [3.8, 4) is 0 Å². The average Bonchev–Trinajstić information content (AvgIpc) is 2.59. The predicted molar refractivity (Wildman–Crippen MR) is 63.8 cm³/mol. The van der Waals surface area contributed by atoms with Crippen LogP contribution in [-0.2, 0) is 19.4 Å². The first-order valence-corrected chi connectivity index (χ1v) is 5.78. The second-order valence-electron chi connectivity index (χ2n) is 4.84. The molecule has 2 N–H and O–H groups in total. The molecule has 0 aromatic carbocycles. The molecule has 0 bridgehead atoms. The first kappa shape index (κ1) is 12.2.